The second-order valence-electron chi connectivity index (χ2n) is 8.35. The van der Waals surface area contributed by atoms with Crippen molar-refractivity contribution in [1.82, 2.24) is 14.7 Å². The van der Waals surface area contributed by atoms with E-state index in [9.17, 15) is 9.59 Å². The number of benzene rings is 2. The molecule has 32 heavy (non-hydrogen) atoms. The molecule has 0 bridgehead atoms. The van der Waals surface area contributed by atoms with Crippen molar-refractivity contribution in [3.05, 3.63) is 88.0 Å². The molecule has 1 amide bonds. The van der Waals surface area contributed by atoms with Crippen molar-refractivity contribution in [1.29, 1.82) is 0 Å². The Morgan fingerprint density at radius 1 is 0.938 bits per heavy atom. The molecular weight excluding hydrogens is 418 g/mol. The highest BCUT2D eigenvalue weighted by molar-refractivity contribution is 7.13. The Morgan fingerprint density at radius 2 is 1.66 bits per heavy atom. The van der Waals surface area contributed by atoms with Gasteiger partial charge in [0.25, 0.3) is 5.56 Å². The maximum atomic E-state index is 13.1. The summed E-state index contributed by atoms with van der Waals surface area (Å²) in [6.07, 6.45) is 3.03. The first kappa shape index (κ1) is 20.6. The van der Waals surface area contributed by atoms with Gasteiger partial charge in [0.2, 0.25) is 5.91 Å². The molecule has 0 spiro atoms. The van der Waals surface area contributed by atoms with Gasteiger partial charge in [-0.05, 0) is 48.3 Å². The van der Waals surface area contributed by atoms with Crippen molar-refractivity contribution < 1.29 is 4.79 Å². The predicted molar refractivity (Wildman–Crippen MR) is 129 cm³/mol. The van der Waals surface area contributed by atoms with Gasteiger partial charge in [-0.2, -0.15) is 5.10 Å². The Hall–Kier alpha value is -3.25. The minimum Gasteiger partial charge on any atom is -0.341 e. The molecule has 6 heteroatoms. The largest absolute Gasteiger partial charge is 0.341 e. The van der Waals surface area contributed by atoms with Crippen LogP contribution in [0.2, 0.25) is 0 Å². The van der Waals surface area contributed by atoms with E-state index < -0.39 is 0 Å². The second-order valence-corrected chi connectivity index (χ2v) is 9.30. The molecule has 5 nitrogen and oxygen atoms in total. The lowest BCUT2D eigenvalue weighted by Gasteiger charge is -2.32. The van der Waals surface area contributed by atoms with Gasteiger partial charge in [0.15, 0.2) is 0 Å². The number of carbonyl (C=O) groups is 1. The fourth-order valence-electron chi connectivity index (χ4n) is 4.50. The average molecular weight is 444 g/mol. The molecule has 2 aromatic heterocycles. The summed E-state index contributed by atoms with van der Waals surface area (Å²) in [5.41, 5.74) is 1.89. The van der Waals surface area contributed by atoms with E-state index in [1.165, 1.54) is 10.2 Å². The number of likely N-dealkylation sites (tertiary alicyclic amines) is 1. The number of fused-ring (bicyclic) bond motifs is 1. The summed E-state index contributed by atoms with van der Waals surface area (Å²) in [6, 6.07) is 22.0. The van der Waals surface area contributed by atoms with Crippen LogP contribution in [0.4, 0.5) is 0 Å². The summed E-state index contributed by atoms with van der Waals surface area (Å²) in [6.45, 7) is 1.44. The summed E-state index contributed by atoms with van der Waals surface area (Å²) in [4.78, 5) is 29.0. The van der Waals surface area contributed by atoms with Crippen LogP contribution < -0.4 is 5.56 Å². The highest BCUT2D eigenvalue weighted by Crippen LogP contribution is 2.28. The SMILES string of the molecule is O=C(Cn1nc(-c2cccs2)c2ccccc2c1=O)N1CCC(Cc2ccccc2)CC1. The van der Waals surface area contributed by atoms with E-state index in [2.05, 4.69) is 29.4 Å². The van der Waals surface area contributed by atoms with Crippen molar-refractivity contribution in [2.75, 3.05) is 13.1 Å². The first-order valence-corrected chi connectivity index (χ1v) is 11.9. The van der Waals surface area contributed by atoms with Gasteiger partial charge < -0.3 is 4.90 Å². The standard InChI is InChI=1S/C26H25N3O2S/c30-24(28-14-12-20(13-15-28)17-19-7-2-1-3-8-19)18-29-26(31)22-10-5-4-9-21(22)25(27-29)23-11-6-16-32-23/h1-11,16,20H,12-15,17-18H2. The molecule has 1 saturated heterocycles. The number of aromatic nitrogens is 2. The summed E-state index contributed by atoms with van der Waals surface area (Å²) in [5.74, 6) is 0.554. The van der Waals surface area contributed by atoms with Crippen LogP contribution in [0.25, 0.3) is 21.3 Å². The molecule has 0 unspecified atom stereocenters. The number of piperidine rings is 1. The quantitative estimate of drug-likeness (QED) is 0.453. The minimum atomic E-state index is -0.215. The smallest absolute Gasteiger partial charge is 0.275 e. The molecule has 162 valence electrons. The van der Waals surface area contributed by atoms with E-state index in [4.69, 9.17) is 0 Å². The Morgan fingerprint density at radius 3 is 2.38 bits per heavy atom. The Balaban J connectivity index is 1.32. The third kappa shape index (κ3) is 4.23. The number of nitrogens with zero attached hydrogens (tertiary/aromatic N) is 3. The number of carbonyl (C=O) groups excluding carboxylic acids is 1. The Bertz CT molecular complexity index is 1270. The van der Waals surface area contributed by atoms with Crippen LogP contribution in [0.5, 0.6) is 0 Å². The van der Waals surface area contributed by atoms with Crippen molar-refractivity contribution >= 4 is 28.0 Å². The van der Waals surface area contributed by atoms with Crippen molar-refractivity contribution in [2.45, 2.75) is 25.8 Å². The van der Waals surface area contributed by atoms with E-state index >= 15 is 0 Å². The predicted octanol–water partition coefficient (Wildman–Crippen LogP) is 4.61. The number of thiophene rings is 1. The molecule has 0 saturated carbocycles. The summed E-state index contributed by atoms with van der Waals surface area (Å²) in [5, 5.41) is 8.03. The minimum absolute atomic E-state index is 0.0224. The van der Waals surface area contributed by atoms with Gasteiger partial charge in [-0.15, -0.1) is 11.3 Å². The van der Waals surface area contributed by atoms with Crippen molar-refractivity contribution in [2.24, 2.45) is 5.92 Å². The summed E-state index contributed by atoms with van der Waals surface area (Å²) in [7, 11) is 0. The van der Waals surface area contributed by atoms with E-state index in [0.29, 0.717) is 11.3 Å². The van der Waals surface area contributed by atoms with Gasteiger partial charge >= 0.3 is 0 Å². The third-order valence-electron chi connectivity index (χ3n) is 6.24. The van der Waals surface area contributed by atoms with Gasteiger partial charge in [-0.1, -0.05) is 54.6 Å². The van der Waals surface area contributed by atoms with E-state index in [0.717, 1.165) is 48.3 Å². The highest BCUT2D eigenvalue weighted by Gasteiger charge is 2.24. The van der Waals surface area contributed by atoms with Crippen LogP contribution in [0.15, 0.2) is 76.9 Å². The summed E-state index contributed by atoms with van der Waals surface area (Å²) < 4.78 is 1.34. The number of rotatable bonds is 5. The molecule has 1 aliphatic heterocycles. The molecule has 0 aliphatic carbocycles. The van der Waals surface area contributed by atoms with Gasteiger partial charge in [0, 0.05) is 18.5 Å². The second kappa shape index (κ2) is 9.09. The van der Waals surface area contributed by atoms with E-state index in [1.54, 1.807) is 11.3 Å². The molecule has 0 atom stereocenters. The van der Waals surface area contributed by atoms with Gasteiger partial charge in [0.1, 0.15) is 12.2 Å². The molecule has 2 aromatic carbocycles. The highest BCUT2D eigenvalue weighted by atomic mass is 32.1. The van der Waals surface area contributed by atoms with Gasteiger partial charge in [-0.25, -0.2) is 4.68 Å². The third-order valence-corrected chi connectivity index (χ3v) is 7.12. The summed E-state index contributed by atoms with van der Waals surface area (Å²) >= 11 is 1.58. The molecule has 0 radical (unpaired) electrons. The maximum absolute atomic E-state index is 13.1. The fraction of sp³-hybridized carbons (Fsp3) is 0.269. The normalized spacial score (nSPS) is 14.7. The maximum Gasteiger partial charge on any atom is 0.275 e. The number of hydrogen-bond acceptors (Lipinski definition) is 4. The zero-order valence-electron chi connectivity index (χ0n) is 17.8. The zero-order valence-corrected chi connectivity index (χ0v) is 18.6. The zero-order chi connectivity index (χ0) is 21.9. The van der Waals surface area contributed by atoms with Crippen molar-refractivity contribution in [3.8, 4) is 10.6 Å². The van der Waals surface area contributed by atoms with E-state index in [1.807, 2.05) is 52.7 Å². The lowest BCUT2D eigenvalue weighted by Crippen LogP contribution is -2.42. The van der Waals surface area contributed by atoms with Crippen molar-refractivity contribution in [3.63, 3.8) is 0 Å². The lowest BCUT2D eigenvalue weighted by molar-refractivity contribution is -0.133. The number of hydrogen-bond donors (Lipinski definition) is 0. The molecule has 5 rings (SSSR count). The fourth-order valence-corrected chi connectivity index (χ4v) is 5.22. The Kier molecular flexibility index (Phi) is 5.86. The van der Waals surface area contributed by atoms with Gasteiger partial charge in [0.05, 0.1) is 10.3 Å². The van der Waals surface area contributed by atoms with E-state index in [-0.39, 0.29) is 18.0 Å². The molecule has 1 fully saturated rings. The Labute approximate surface area is 190 Å². The lowest BCUT2D eigenvalue weighted by atomic mass is 9.90. The molecular formula is C26H25N3O2S. The monoisotopic (exact) mass is 443 g/mol. The first-order valence-electron chi connectivity index (χ1n) is 11.0. The average Bonchev–Trinajstić information content (AvgIpc) is 3.37. The van der Waals surface area contributed by atoms with Crippen LogP contribution in [0.1, 0.15) is 18.4 Å². The van der Waals surface area contributed by atoms with Crippen LogP contribution in [-0.4, -0.2) is 33.7 Å². The molecule has 0 N–H and O–H groups in total. The number of amides is 1. The van der Waals surface area contributed by atoms with Crippen LogP contribution in [0.3, 0.4) is 0 Å². The topological polar surface area (TPSA) is 55.2 Å². The molecule has 4 aromatic rings. The first-order chi connectivity index (χ1) is 15.7. The van der Waals surface area contributed by atoms with Crippen LogP contribution in [-0.2, 0) is 17.8 Å². The van der Waals surface area contributed by atoms with Crippen LogP contribution >= 0.6 is 11.3 Å². The molecule has 3 heterocycles. The van der Waals surface area contributed by atoms with Crippen LogP contribution in [0, 0.1) is 5.92 Å². The van der Waals surface area contributed by atoms with Gasteiger partial charge in [-0.3, -0.25) is 9.59 Å². The molecule has 1 aliphatic rings.